The summed E-state index contributed by atoms with van der Waals surface area (Å²) in [4.78, 5) is 19.0. The number of ether oxygens (including phenoxy) is 1. The van der Waals surface area contributed by atoms with Crippen LogP contribution in [0.4, 0.5) is 0 Å². The largest absolute Gasteiger partial charge is 0.496 e. The lowest BCUT2D eigenvalue weighted by Gasteiger charge is -2.26. The molecule has 2 atom stereocenters. The van der Waals surface area contributed by atoms with Crippen LogP contribution in [0.25, 0.3) is 0 Å². The summed E-state index contributed by atoms with van der Waals surface area (Å²) in [6.45, 7) is 8.74. The van der Waals surface area contributed by atoms with Crippen LogP contribution in [-0.2, 0) is 4.79 Å². The summed E-state index contributed by atoms with van der Waals surface area (Å²) >= 11 is 0. The van der Waals surface area contributed by atoms with Gasteiger partial charge in [0.05, 0.1) is 7.11 Å². The Morgan fingerprint density at radius 3 is 2.91 bits per heavy atom. The highest BCUT2D eigenvalue weighted by atomic mass is 16.5. The predicted octanol–water partition coefficient (Wildman–Crippen LogP) is 5.34. The molecule has 1 fully saturated rings. The van der Waals surface area contributed by atoms with E-state index in [2.05, 4.69) is 23.7 Å². The molecule has 0 aromatic heterocycles. The minimum atomic E-state index is -0.811. The Bertz CT molecular complexity index is 877. The molecule has 2 N–H and O–H groups in total. The Morgan fingerprint density at radius 1 is 1.36 bits per heavy atom. The number of carbonyl (C=O) groups is 1. The standard InChI is InChI=1S/C27H39N3O3/c1-4-22(29-26-20(2)11-10-17-28-26)13-7-5-6-12-21-16-18-30(19-21)25(27(31)32)23-14-8-9-15-24(23)33-3/h4,8-9,14-15,21,25,28H,1,5-7,10-13,16-19H2,2-3H3,(H,31,32)/b29-22+/t21-,25?/m1/s1. The number of para-hydroxylation sites is 1. The van der Waals surface area contributed by atoms with Crippen molar-refractivity contribution in [1.82, 2.24) is 10.2 Å². The Morgan fingerprint density at radius 2 is 2.18 bits per heavy atom. The normalized spacial score (nSPS) is 20.4. The topological polar surface area (TPSA) is 74.2 Å². The molecular formula is C27H39N3O3. The van der Waals surface area contributed by atoms with Crippen LogP contribution in [0.2, 0.25) is 0 Å². The number of allylic oxidation sites excluding steroid dienone is 2. The monoisotopic (exact) mass is 453 g/mol. The second-order valence-corrected chi connectivity index (χ2v) is 9.20. The number of nitrogens with zero attached hydrogens (tertiary/aromatic N) is 2. The zero-order chi connectivity index (χ0) is 23.6. The number of methoxy groups -OCH3 is 1. The highest BCUT2D eigenvalue weighted by molar-refractivity contribution is 5.95. The fourth-order valence-electron chi connectivity index (χ4n) is 4.94. The van der Waals surface area contributed by atoms with Crippen molar-refractivity contribution in [2.75, 3.05) is 26.7 Å². The van der Waals surface area contributed by atoms with Crippen molar-refractivity contribution in [2.45, 2.75) is 64.3 Å². The minimum Gasteiger partial charge on any atom is -0.496 e. The quantitative estimate of drug-likeness (QED) is 0.330. The average molecular weight is 454 g/mol. The van der Waals surface area contributed by atoms with E-state index in [9.17, 15) is 9.90 Å². The van der Waals surface area contributed by atoms with Gasteiger partial charge in [-0.1, -0.05) is 37.6 Å². The van der Waals surface area contributed by atoms with E-state index in [1.54, 1.807) is 7.11 Å². The van der Waals surface area contributed by atoms with Gasteiger partial charge in [0.2, 0.25) is 0 Å². The van der Waals surface area contributed by atoms with E-state index in [1.807, 2.05) is 30.3 Å². The molecule has 33 heavy (non-hydrogen) atoms. The summed E-state index contributed by atoms with van der Waals surface area (Å²) in [7, 11) is 1.59. The van der Waals surface area contributed by atoms with E-state index in [-0.39, 0.29) is 0 Å². The van der Waals surface area contributed by atoms with Gasteiger partial charge < -0.3 is 15.2 Å². The first-order valence-corrected chi connectivity index (χ1v) is 12.3. The van der Waals surface area contributed by atoms with Crippen molar-refractivity contribution in [2.24, 2.45) is 10.9 Å². The number of benzene rings is 1. The molecule has 0 amide bonds. The highest BCUT2D eigenvalue weighted by Gasteiger charge is 2.34. The van der Waals surface area contributed by atoms with Crippen LogP contribution in [0.1, 0.15) is 69.9 Å². The first kappa shape index (κ1) is 25.0. The Hall–Kier alpha value is -2.60. The number of aliphatic carboxylic acids is 1. The molecule has 0 radical (unpaired) electrons. The van der Waals surface area contributed by atoms with Gasteiger partial charge in [0.1, 0.15) is 17.6 Å². The summed E-state index contributed by atoms with van der Waals surface area (Å²) in [6.07, 6.45) is 10.8. The molecule has 1 unspecified atom stereocenters. The number of carboxylic acid groups (broad SMARTS) is 1. The number of likely N-dealkylation sites (tertiary alicyclic amines) is 1. The van der Waals surface area contributed by atoms with Crippen LogP contribution < -0.4 is 10.1 Å². The van der Waals surface area contributed by atoms with E-state index >= 15 is 0 Å². The summed E-state index contributed by atoms with van der Waals surface area (Å²) in [5.74, 6) is 1.41. The van der Waals surface area contributed by atoms with Gasteiger partial charge in [-0.3, -0.25) is 9.69 Å². The van der Waals surface area contributed by atoms with E-state index in [0.717, 1.165) is 81.7 Å². The van der Waals surface area contributed by atoms with Gasteiger partial charge in [0.25, 0.3) is 0 Å². The van der Waals surface area contributed by atoms with E-state index in [0.29, 0.717) is 11.7 Å². The Balaban J connectivity index is 1.45. The van der Waals surface area contributed by atoms with Gasteiger partial charge >= 0.3 is 5.97 Å². The second kappa shape index (κ2) is 12.6. The molecule has 180 valence electrons. The number of nitrogens with one attached hydrogen (secondary N) is 1. The first-order valence-electron chi connectivity index (χ1n) is 12.3. The molecule has 0 aliphatic carbocycles. The summed E-state index contributed by atoms with van der Waals surface area (Å²) < 4.78 is 5.42. The number of hydrogen-bond donors (Lipinski definition) is 2. The maximum absolute atomic E-state index is 12.1. The van der Waals surface area contributed by atoms with Crippen LogP contribution in [0.15, 0.2) is 53.3 Å². The van der Waals surface area contributed by atoms with Crippen LogP contribution in [0.5, 0.6) is 5.75 Å². The smallest absolute Gasteiger partial charge is 0.325 e. The molecule has 0 bridgehead atoms. The van der Waals surface area contributed by atoms with Gasteiger partial charge in [-0.25, -0.2) is 4.99 Å². The van der Waals surface area contributed by atoms with Gasteiger partial charge in [-0.15, -0.1) is 0 Å². The van der Waals surface area contributed by atoms with Crippen molar-refractivity contribution in [3.63, 3.8) is 0 Å². The molecule has 6 heteroatoms. The van der Waals surface area contributed by atoms with Gasteiger partial charge in [-0.2, -0.15) is 0 Å². The molecule has 2 heterocycles. The number of aliphatic imine (C=N–C) groups is 1. The van der Waals surface area contributed by atoms with Crippen LogP contribution in [-0.4, -0.2) is 48.4 Å². The SMILES string of the molecule is C=C/C(CCCCC[C@@H]1CCN(C(C(=O)O)c2ccccc2OC)C1)=N\C1=C(C)CCCN1. The van der Waals surface area contributed by atoms with Crippen LogP contribution >= 0.6 is 0 Å². The van der Waals surface area contributed by atoms with E-state index in [4.69, 9.17) is 9.73 Å². The highest BCUT2D eigenvalue weighted by Crippen LogP contribution is 2.34. The van der Waals surface area contributed by atoms with E-state index < -0.39 is 12.0 Å². The summed E-state index contributed by atoms with van der Waals surface area (Å²) in [5, 5.41) is 13.3. The number of rotatable bonds is 12. The second-order valence-electron chi connectivity index (χ2n) is 9.20. The fraction of sp³-hybridized carbons (Fsp3) is 0.556. The lowest BCUT2D eigenvalue weighted by atomic mass is 9.99. The average Bonchev–Trinajstić information content (AvgIpc) is 3.27. The molecule has 2 aliphatic heterocycles. The van der Waals surface area contributed by atoms with Crippen molar-refractivity contribution < 1.29 is 14.6 Å². The van der Waals surface area contributed by atoms with Crippen LogP contribution in [0, 0.1) is 5.92 Å². The fourth-order valence-corrected chi connectivity index (χ4v) is 4.94. The molecule has 2 aliphatic rings. The first-order chi connectivity index (χ1) is 16.0. The molecule has 3 rings (SSSR count). The summed E-state index contributed by atoms with van der Waals surface area (Å²) in [5.41, 5.74) is 3.13. The number of hydrogen-bond acceptors (Lipinski definition) is 5. The van der Waals surface area contributed by atoms with Crippen molar-refractivity contribution in [1.29, 1.82) is 0 Å². The molecule has 1 aromatic rings. The third-order valence-corrected chi connectivity index (χ3v) is 6.81. The lowest BCUT2D eigenvalue weighted by molar-refractivity contribution is -0.143. The molecule has 6 nitrogen and oxygen atoms in total. The molecule has 0 saturated carbocycles. The molecular weight excluding hydrogens is 414 g/mol. The maximum Gasteiger partial charge on any atom is 0.325 e. The molecule has 0 spiro atoms. The van der Waals surface area contributed by atoms with Gasteiger partial charge in [0, 0.05) is 24.4 Å². The third-order valence-electron chi connectivity index (χ3n) is 6.81. The third kappa shape index (κ3) is 6.94. The Labute approximate surface area is 198 Å². The summed E-state index contributed by atoms with van der Waals surface area (Å²) in [6, 6.07) is 6.81. The molecule has 1 saturated heterocycles. The maximum atomic E-state index is 12.1. The minimum absolute atomic E-state index is 0.549. The van der Waals surface area contributed by atoms with Gasteiger partial charge in [0.15, 0.2) is 0 Å². The Kier molecular flexibility index (Phi) is 9.55. The zero-order valence-electron chi connectivity index (χ0n) is 20.2. The lowest BCUT2D eigenvalue weighted by Crippen LogP contribution is -2.32. The van der Waals surface area contributed by atoms with E-state index in [1.165, 1.54) is 12.0 Å². The van der Waals surface area contributed by atoms with Crippen LogP contribution in [0.3, 0.4) is 0 Å². The number of unbranched alkanes of at least 4 members (excludes halogenated alkanes) is 2. The molecule has 1 aromatic carbocycles. The van der Waals surface area contributed by atoms with Crippen molar-refractivity contribution >= 4 is 11.7 Å². The predicted molar refractivity (Wildman–Crippen MR) is 134 cm³/mol. The van der Waals surface area contributed by atoms with Gasteiger partial charge in [-0.05, 0) is 75.6 Å². The van der Waals surface area contributed by atoms with Crippen molar-refractivity contribution in [3.05, 3.63) is 53.9 Å². The number of carboxylic acids is 1. The zero-order valence-corrected chi connectivity index (χ0v) is 20.2. The van der Waals surface area contributed by atoms with Crippen molar-refractivity contribution in [3.8, 4) is 5.75 Å².